The molecule has 1 N–H and O–H groups in total. The Kier molecular flexibility index (Phi) is 8.04. The fraction of sp³-hybridized carbons (Fsp3) is 0.310. The highest BCUT2D eigenvalue weighted by molar-refractivity contribution is 5.79. The van der Waals surface area contributed by atoms with Crippen LogP contribution in [0.3, 0.4) is 0 Å². The lowest BCUT2D eigenvalue weighted by molar-refractivity contribution is -0.121. The Hall–Kier alpha value is -3.24. The zero-order chi connectivity index (χ0) is 22.9. The first-order valence-electron chi connectivity index (χ1n) is 11.9. The maximum Gasteiger partial charge on any atom is 0.224 e. The summed E-state index contributed by atoms with van der Waals surface area (Å²) in [6.07, 6.45) is 6.58. The van der Waals surface area contributed by atoms with E-state index in [0.29, 0.717) is 12.3 Å². The van der Waals surface area contributed by atoms with Crippen molar-refractivity contribution in [3.63, 3.8) is 0 Å². The van der Waals surface area contributed by atoms with Crippen LogP contribution < -0.4 is 5.32 Å². The van der Waals surface area contributed by atoms with E-state index in [0.717, 1.165) is 43.7 Å². The Morgan fingerprint density at radius 2 is 1.67 bits per heavy atom. The summed E-state index contributed by atoms with van der Waals surface area (Å²) < 4.78 is 0. The minimum Gasteiger partial charge on any atom is -0.347 e. The number of nitrogens with zero attached hydrogens (tertiary/aromatic N) is 2. The van der Waals surface area contributed by atoms with Crippen molar-refractivity contribution >= 4 is 12.0 Å². The van der Waals surface area contributed by atoms with Crippen molar-refractivity contribution in [3.8, 4) is 0 Å². The van der Waals surface area contributed by atoms with Gasteiger partial charge in [0, 0.05) is 12.7 Å². The molecule has 0 radical (unpaired) electrons. The molecule has 1 aliphatic rings. The lowest BCUT2D eigenvalue weighted by atomic mass is 9.87. The fourth-order valence-corrected chi connectivity index (χ4v) is 4.68. The van der Waals surface area contributed by atoms with Gasteiger partial charge in [-0.2, -0.15) is 0 Å². The van der Waals surface area contributed by atoms with Crippen LogP contribution in [0.1, 0.15) is 42.6 Å². The molecule has 0 saturated carbocycles. The number of aromatic nitrogens is 1. The number of pyridine rings is 1. The molecule has 3 aromatic rings. The highest BCUT2D eigenvalue weighted by Crippen LogP contribution is 2.30. The molecule has 1 saturated heterocycles. The predicted molar refractivity (Wildman–Crippen MR) is 135 cm³/mol. The number of amides is 1. The van der Waals surface area contributed by atoms with Crippen molar-refractivity contribution in [3.05, 3.63) is 107 Å². The highest BCUT2D eigenvalue weighted by atomic mass is 16.1. The van der Waals surface area contributed by atoms with Crippen molar-refractivity contribution in [2.24, 2.45) is 5.92 Å². The van der Waals surface area contributed by atoms with Crippen LogP contribution in [-0.2, 0) is 11.2 Å². The van der Waals surface area contributed by atoms with Gasteiger partial charge in [0.05, 0.1) is 18.2 Å². The second-order valence-electron chi connectivity index (χ2n) is 8.98. The van der Waals surface area contributed by atoms with E-state index in [-0.39, 0.29) is 11.9 Å². The average Bonchev–Trinajstić information content (AvgIpc) is 2.85. The predicted octanol–water partition coefficient (Wildman–Crippen LogP) is 5.30. The number of piperidine rings is 1. The average molecular weight is 440 g/mol. The molecule has 1 amide bonds. The number of nitrogens with one attached hydrogen (secondary N) is 1. The Bertz CT molecular complexity index is 1030. The summed E-state index contributed by atoms with van der Waals surface area (Å²) >= 11 is 0. The van der Waals surface area contributed by atoms with E-state index in [2.05, 4.69) is 52.5 Å². The lowest BCUT2D eigenvalue weighted by Crippen LogP contribution is -2.41. The third-order valence-corrected chi connectivity index (χ3v) is 6.32. The monoisotopic (exact) mass is 439 g/mol. The smallest absolute Gasteiger partial charge is 0.224 e. The normalized spacial score (nSPS) is 16.3. The summed E-state index contributed by atoms with van der Waals surface area (Å²) in [5, 5.41) is 3.31. The first-order valence-corrected chi connectivity index (χ1v) is 11.9. The van der Waals surface area contributed by atoms with E-state index in [4.69, 9.17) is 0 Å². The standard InChI is InChI=1S/C29H33N3O/c1-23(20-24-10-4-2-5-11-24)22-32-18-15-26(16-19-32)29(27-14-8-9-17-30-27)31-28(33)21-25-12-6-3-7-13-25/h2-14,17,20,26,29H,15-16,18-19,21-22H2,1H3,(H,31,33). The third kappa shape index (κ3) is 6.87. The lowest BCUT2D eigenvalue weighted by Gasteiger charge is -2.36. The van der Waals surface area contributed by atoms with Gasteiger partial charge in [-0.25, -0.2) is 0 Å². The number of rotatable bonds is 8. The maximum atomic E-state index is 12.9. The molecule has 4 rings (SSSR count). The minimum absolute atomic E-state index is 0.0504. The van der Waals surface area contributed by atoms with Crippen molar-refractivity contribution in [1.82, 2.24) is 15.2 Å². The number of hydrogen-bond acceptors (Lipinski definition) is 3. The van der Waals surface area contributed by atoms with Gasteiger partial charge in [-0.3, -0.25) is 14.7 Å². The van der Waals surface area contributed by atoms with Crippen LogP contribution in [0.5, 0.6) is 0 Å². The van der Waals surface area contributed by atoms with Gasteiger partial charge in [0.1, 0.15) is 0 Å². The minimum atomic E-state index is -0.0504. The molecule has 1 aromatic heterocycles. The quantitative estimate of drug-likeness (QED) is 0.518. The van der Waals surface area contributed by atoms with Crippen LogP contribution in [0.4, 0.5) is 0 Å². The Labute approximate surface area is 197 Å². The molecule has 1 aliphatic heterocycles. The number of likely N-dealkylation sites (tertiary alicyclic amines) is 1. The third-order valence-electron chi connectivity index (χ3n) is 6.32. The molecule has 0 spiro atoms. The first kappa shape index (κ1) is 22.9. The van der Waals surface area contributed by atoms with Crippen molar-refractivity contribution in [1.29, 1.82) is 0 Å². The van der Waals surface area contributed by atoms with Crippen LogP contribution in [0.15, 0.2) is 90.6 Å². The molecule has 1 fully saturated rings. The van der Waals surface area contributed by atoms with E-state index in [1.807, 2.05) is 60.8 Å². The Morgan fingerprint density at radius 1 is 1.00 bits per heavy atom. The van der Waals surface area contributed by atoms with Gasteiger partial charge in [0.15, 0.2) is 0 Å². The van der Waals surface area contributed by atoms with Crippen LogP contribution in [0, 0.1) is 5.92 Å². The molecule has 0 bridgehead atoms. The van der Waals surface area contributed by atoms with Gasteiger partial charge >= 0.3 is 0 Å². The number of carbonyl (C=O) groups excluding carboxylic acids is 1. The molecule has 1 atom stereocenters. The van der Waals surface area contributed by atoms with E-state index in [1.165, 1.54) is 11.1 Å². The first-order chi connectivity index (χ1) is 16.2. The summed E-state index contributed by atoms with van der Waals surface area (Å²) in [5.74, 6) is 0.440. The second kappa shape index (κ2) is 11.6. The largest absolute Gasteiger partial charge is 0.347 e. The Balaban J connectivity index is 1.37. The van der Waals surface area contributed by atoms with Gasteiger partial charge in [0.25, 0.3) is 0 Å². The van der Waals surface area contributed by atoms with Crippen molar-refractivity contribution < 1.29 is 4.79 Å². The summed E-state index contributed by atoms with van der Waals surface area (Å²) in [4.78, 5) is 20.0. The fourth-order valence-electron chi connectivity index (χ4n) is 4.68. The van der Waals surface area contributed by atoms with Gasteiger partial charge in [-0.1, -0.05) is 78.4 Å². The SMILES string of the molecule is CC(=Cc1ccccc1)CN1CCC(C(NC(=O)Cc2ccccc2)c2ccccn2)CC1. The van der Waals surface area contributed by atoms with Gasteiger partial charge in [-0.05, 0) is 62.0 Å². The number of benzene rings is 2. The van der Waals surface area contributed by atoms with Crippen molar-refractivity contribution in [2.75, 3.05) is 19.6 Å². The van der Waals surface area contributed by atoms with E-state index < -0.39 is 0 Å². The molecule has 170 valence electrons. The molecule has 0 aliphatic carbocycles. The van der Waals surface area contributed by atoms with Crippen LogP contribution >= 0.6 is 0 Å². The van der Waals surface area contributed by atoms with E-state index in [9.17, 15) is 4.79 Å². The second-order valence-corrected chi connectivity index (χ2v) is 8.98. The van der Waals surface area contributed by atoms with E-state index in [1.54, 1.807) is 0 Å². The zero-order valence-electron chi connectivity index (χ0n) is 19.4. The van der Waals surface area contributed by atoms with Crippen LogP contribution in [0.2, 0.25) is 0 Å². The van der Waals surface area contributed by atoms with Gasteiger partial charge < -0.3 is 5.32 Å². The van der Waals surface area contributed by atoms with Gasteiger partial charge in [0.2, 0.25) is 5.91 Å². The summed E-state index contributed by atoms with van der Waals surface area (Å²) in [6, 6.07) is 26.3. The zero-order valence-corrected chi connectivity index (χ0v) is 19.4. The number of carbonyl (C=O) groups is 1. The van der Waals surface area contributed by atoms with Crippen LogP contribution in [-0.4, -0.2) is 35.4 Å². The summed E-state index contributed by atoms with van der Waals surface area (Å²) in [7, 11) is 0. The maximum absolute atomic E-state index is 12.9. The molecular formula is C29H33N3O. The molecule has 33 heavy (non-hydrogen) atoms. The highest BCUT2D eigenvalue weighted by Gasteiger charge is 2.29. The summed E-state index contributed by atoms with van der Waals surface area (Å²) in [5.41, 5.74) is 4.61. The molecule has 4 heteroatoms. The Morgan fingerprint density at radius 3 is 2.33 bits per heavy atom. The summed E-state index contributed by atoms with van der Waals surface area (Å²) in [6.45, 7) is 5.25. The van der Waals surface area contributed by atoms with E-state index >= 15 is 0 Å². The molecule has 1 unspecified atom stereocenters. The molecule has 2 heterocycles. The number of hydrogen-bond donors (Lipinski definition) is 1. The molecule has 2 aromatic carbocycles. The topological polar surface area (TPSA) is 45.2 Å². The van der Waals surface area contributed by atoms with Crippen molar-refractivity contribution in [2.45, 2.75) is 32.2 Å². The van der Waals surface area contributed by atoms with Gasteiger partial charge in [-0.15, -0.1) is 0 Å². The molecule has 4 nitrogen and oxygen atoms in total. The molecular weight excluding hydrogens is 406 g/mol. The van der Waals surface area contributed by atoms with Crippen LogP contribution in [0.25, 0.3) is 6.08 Å².